The lowest BCUT2D eigenvalue weighted by atomic mass is 10.1. The van der Waals surface area contributed by atoms with Gasteiger partial charge in [0, 0.05) is 49.1 Å². The molecule has 1 N–H and O–H groups in total. The molecule has 1 aromatic rings. The summed E-state index contributed by atoms with van der Waals surface area (Å²) in [5.41, 5.74) is 2.27. The molecule has 0 aliphatic carbocycles. The molecule has 0 unspecified atom stereocenters. The third kappa shape index (κ3) is 6.22. The zero-order valence-electron chi connectivity index (χ0n) is 13.3. The average Bonchev–Trinajstić information content (AvgIpc) is 2.48. The molecule has 1 rings (SSSR count). The molecule has 0 spiro atoms. The maximum Gasteiger partial charge on any atom is 0.0641 e. The van der Waals surface area contributed by atoms with Crippen LogP contribution in [0.25, 0.3) is 0 Å². The number of nitrogens with zero attached hydrogens (tertiary/aromatic N) is 1. The van der Waals surface area contributed by atoms with Crippen molar-refractivity contribution in [3.05, 3.63) is 28.8 Å². The van der Waals surface area contributed by atoms with E-state index in [1.54, 1.807) is 0 Å². The molecule has 0 aromatic heterocycles. The van der Waals surface area contributed by atoms with Gasteiger partial charge in [0.1, 0.15) is 0 Å². The molecule has 0 radical (unpaired) electrons. The van der Waals surface area contributed by atoms with Crippen molar-refractivity contribution >= 4 is 17.3 Å². The summed E-state index contributed by atoms with van der Waals surface area (Å²) in [5.74, 6) is 0. The summed E-state index contributed by atoms with van der Waals surface area (Å²) >= 11 is 6.35. The zero-order chi connectivity index (χ0) is 15.5. The Labute approximate surface area is 133 Å². The van der Waals surface area contributed by atoms with Gasteiger partial charge in [0.05, 0.1) is 13.2 Å². The minimum absolute atomic E-state index is 0.703. The Balaban J connectivity index is 2.86. The van der Waals surface area contributed by atoms with Crippen molar-refractivity contribution in [2.45, 2.75) is 20.4 Å². The second kappa shape index (κ2) is 10.9. The highest BCUT2D eigenvalue weighted by Gasteiger charge is 2.13. The Morgan fingerprint density at radius 1 is 1.10 bits per heavy atom. The number of hydrogen-bond donors (Lipinski definition) is 1. The number of nitrogens with one attached hydrogen (secondary N) is 1. The predicted molar refractivity (Wildman–Crippen MR) is 89.4 cm³/mol. The molecule has 1 aromatic carbocycles. The van der Waals surface area contributed by atoms with Gasteiger partial charge in [-0.2, -0.15) is 0 Å². The fourth-order valence-corrected chi connectivity index (χ4v) is 2.42. The van der Waals surface area contributed by atoms with E-state index >= 15 is 0 Å². The van der Waals surface area contributed by atoms with Crippen LogP contribution in [0.5, 0.6) is 0 Å². The van der Waals surface area contributed by atoms with Gasteiger partial charge in [-0.05, 0) is 33.0 Å². The van der Waals surface area contributed by atoms with Gasteiger partial charge in [0.25, 0.3) is 0 Å². The SMILES string of the molecule is CCOCCN(CCOCC)c1cccc(Cl)c1CNC. The van der Waals surface area contributed by atoms with Crippen LogP contribution in [0.4, 0.5) is 5.69 Å². The highest BCUT2D eigenvalue weighted by molar-refractivity contribution is 6.31. The van der Waals surface area contributed by atoms with Crippen LogP contribution in [0.3, 0.4) is 0 Å². The highest BCUT2D eigenvalue weighted by atomic mass is 35.5. The summed E-state index contributed by atoms with van der Waals surface area (Å²) in [6.45, 7) is 9.30. The summed E-state index contributed by atoms with van der Waals surface area (Å²) in [6.07, 6.45) is 0. The van der Waals surface area contributed by atoms with Crippen LogP contribution >= 0.6 is 11.6 Å². The molecule has 5 heteroatoms. The van der Waals surface area contributed by atoms with E-state index in [0.29, 0.717) is 13.2 Å². The van der Waals surface area contributed by atoms with Crippen molar-refractivity contribution in [2.24, 2.45) is 0 Å². The lowest BCUT2D eigenvalue weighted by Crippen LogP contribution is -2.32. The first-order chi connectivity index (χ1) is 10.2. The molecule has 0 atom stereocenters. The second-order valence-electron chi connectivity index (χ2n) is 4.65. The Morgan fingerprint density at radius 3 is 2.24 bits per heavy atom. The number of benzene rings is 1. The predicted octanol–water partition coefficient (Wildman–Crippen LogP) is 2.94. The van der Waals surface area contributed by atoms with Gasteiger partial charge < -0.3 is 19.7 Å². The van der Waals surface area contributed by atoms with Gasteiger partial charge in [-0.15, -0.1) is 0 Å². The topological polar surface area (TPSA) is 33.7 Å². The van der Waals surface area contributed by atoms with Crippen molar-refractivity contribution < 1.29 is 9.47 Å². The molecular formula is C16H27ClN2O2. The quantitative estimate of drug-likeness (QED) is 0.637. The van der Waals surface area contributed by atoms with Crippen molar-refractivity contribution in [1.82, 2.24) is 5.32 Å². The van der Waals surface area contributed by atoms with Crippen molar-refractivity contribution in [1.29, 1.82) is 0 Å². The van der Waals surface area contributed by atoms with Crippen molar-refractivity contribution in [3.8, 4) is 0 Å². The standard InChI is InChI=1S/C16H27ClN2O2/c1-4-20-11-9-19(10-12-21-5-2)16-8-6-7-15(17)14(16)13-18-3/h6-8,18H,4-5,9-13H2,1-3H3. The smallest absolute Gasteiger partial charge is 0.0641 e. The summed E-state index contributed by atoms with van der Waals surface area (Å²) in [7, 11) is 1.93. The second-order valence-corrected chi connectivity index (χ2v) is 5.06. The first-order valence-corrected chi connectivity index (χ1v) is 7.94. The van der Waals surface area contributed by atoms with Crippen molar-refractivity contribution in [3.63, 3.8) is 0 Å². The lowest BCUT2D eigenvalue weighted by Gasteiger charge is -2.27. The third-order valence-corrected chi connectivity index (χ3v) is 3.56. The van der Waals surface area contributed by atoms with Crippen LogP contribution in [-0.2, 0) is 16.0 Å². The van der Waals surface area contributed by atoms with Crippen LogP contribution in [0.1, 0.15) is 19.4 Å². The molecule has 0 aliphatic rings. The summed E-state index contributed by atoms with van der Waals surface area (Å²) in [6, 6.07) is 6.03. The van der Waals surface area contributed by atoms with E-state index in [-0.39, 0.29) is 0 Å². The van der Waals surface area contributed by atoms with Gasteiger partial charge in [0.15, 0.2) is 0 Å². The molecule has 0 saturated heterocycles. The summed E-state index contributed by atoms with van der Waals surface area (Å²) in [4.78, 5) is 2.28. The Hall–Kier alpha value is -0.810. The van der Waals surface area contributed by atoms with Gasteiger partial charge in [-0.3, -0.25) is 0 Å². The Bertz CT molecular complexity index is 392. The number of rotatable bonds is 11. The number of ether oxygens (including phenoxy) is 2. The molecule has 4 nitrogen and oxygen atoms in total. The minimum Gasteiger partial charge on any atom is -0.380 e. The van der Waals surface area contributed by atoms with Gasteiger partial charge in [0.2, 0.25) is 0 Å². The number of halogens is 1. The Morgan fingerprint density at radius 2 is 1.71 bits per heavy atom. The van der Waals surface area contributed by atoms with E-state index in [4.69, 9.17) is 21.1 Å². The van der Waals surface area contributed by atoms with Gasteiger partial charge in [-0.25, -0.2) is 0 Å². The van der Waals surface area contributed by atoms with Crippen LogP contribution in [0.2, 0.25) is 5.02 Å². The third-order valence-electron chi connectivity index (χ3n) is 3.21. The first kappa shape index (κ1) is 18.2. The van der Waals surface area contributed by atoms with Crippen LogP contribution in [0.15, 0.2) is 18.2 Å². The van der Waals surface area contributed by atoms with Crippen LogP contribution in [-0.4, -0.2) is 46.6 Å². The van der Waals surface area contributed by atoms with E-state index < -0.39 is 0 Å². The van der Waals surface area contributed by atoms with E-state index in [1.165, 1.54) is 0 Å². The fourth-order valence-electron chi connectivity index (χ4n) is 2.19. The van der Waals surface area contributed by atoms with E-state index in [9.17, 15) is 0 Å². The van der Waals surface area contributed by atoms with E-state index in [2.05, 4.69) is 16.3 Å². The molecule has 0 bridgehead atoms. The molecule has 120 valence electrons. The molecule has 0 saturated carbocycles. The van der Waals surface area contributed by atoms with Crippen molar-refractivity contribution in [2.75, 3.05) is 51.5 Å². The minimum atomic E-state index is 0.703. The fraction of sp³-hybridized carbons (Fsp3) is 0.625. The normalized spacial score (nSPS) is 10.9. The van der Waals surface area contributed by atoms with E-state index in [1.807, 2.05) is 33.0 Å². The monoisotopic (exact) mass is 314 g/mol. The molecular weight excluding hydrogens is 288 g/mol. The molecule has 21 heavy (non-hydrogen) atoms. The maximum absolute atomic E-state index is 6.35. The maximum atomic E-state index is 6.35. The summed E-state index contributed by atoms with van der Waals surface area (Å²) in [5, 5.41) is 3.97. The first-order valence-electron chi connectivity index (χ1n) is 7.57. The molecule has 0 heterocycles. The molecule has 0 amide bonds. The lowest BCUT2D eigenvalue weighted by molar-refractivity contribution is 0.141. The molecule has 0 fully saturated rings. The summed E-state index contributed by atoms with van der Waals surface area (Å²) < 4.78 is 11.0. The van der Waals surface area contributed by atoms with Crippen LogP contribution < -0.4 is 10.2 Å². The van der Waals surface area contributed by atoms with Crippen LogP contribution in [0, 0.1) is 0 Å². The number of anilines is 1. The van der Waals surface area contributed by atoms with E-state index in [0.717, 1.165) is 49.1 Å². The molecule has 0 aliphatic heterocycles. The number of hydrogen-bond acceptors (Lipinski definition) is 4. The largest absolute Gasteiger partial charge is 0.380 e. The van der Waals surface area contributed by atoms with Gasteiger partial charge >= 0.3 is 0 Å². The van der Waals surface area contributed by atoms with Gasteiger partial charge in [-0.1, -0.05) is 17.7 Å². The zero-order valence-corrected chi connectivity index (χ0v) is 14.1. The average molecular weight is 315 g/mol. The highest BCUT2D eigenvalue weighted by Crippen LogP contribution is 2.27. The Kier molecular flexibility index (Phi) is 9.42.